The summed E-state index contributed by atoms with van der Waals surface area (Å²) in [4.78, 5) is 14.2. The Labute approximate surface area is 113 Å². The summed E-state index contributed by atoms with van der Waals surface area (Å²) < 4.78 is 5.82. The van der Waals surface area contributed by atoms with Gasteiger partial charge in [0.25, 0.3) is 0 Å². The maximum absolute atomic E-state index is 11.9. The van der Waals surface area contributed by atoms with Crippen LogP contribution in [0, 0.1) is 0 Å². The Hall–Kier alpha value is -1.71. The predicted molar refractivity (Wildman–Crippen MR) is 75.8 cm³/mol. The molecule has 4 heteroatoms. The molecule has 19 heavy (non-hydrogen) atoms. The summed E-state index contributed by atoms with van der Waals surface area (Å²) in [5.41, 5.74) is 1.94. The first-order valence-corrected chi connectivity index (χ1v) is 7.01. The number of nitrogens with one attached hydrogen (secondary N) is 1. The van der Waals surface area contributed by atoms with Gasteiger partial charge in [-0.2, -0.15) is 0 Å². The molecule has 0 atom stereocenters. The number of hydrogen-bond acceptors (Lipinski definition) is 3. The van der Waals surface area contributed by atoms with Crippen LogP contribution in [0.1, 0.15) is 33.1 Å². The summed E-state index contributed by atoms with van der Waals surface area (Å²) in [6.07, 6.45) is 3.10. The van der Waals surface area contributed by atoms with Crippen LogP contribution in [-0.2, 0) is 4.79 Å². The van der Waals surface area contributed by atoms with Gasteiger partial charge in [-0.15, -0.1) is 0 Å². The minimum absolute atomic E-state index is 0.0733. The van der Waals surface area contributed by atoms with Crippen molar-refractivity contribution in [2.45, 2.75) is 45.3 Å². The molecule has 1 aromatic carbocycles. The zero-order valence-electron chi connectivity index (χ0n) is 11.5. The van der Waals surface area contributed by atoms with Crippen molar-refractivity contribution in [3.8, 4) is 5.75 Å². The van der Waals surface area contributed by atoms with Crippen LogP contribution in [0.15, 0.2) is 18.2 Å². The number of carbonyl (C=O) groups excluding carboxylic acids is 1. The number of para-hydroxylation sites is 1. The van der Waals surface area contributed by atoms with Crippen molar-refractivity contribution >= 4 is 17.3 Å². The number of benzene rings is 1. The van der Waals surface area contributed by atoms with Crippen molar-refractivity contribution in [2.75, 3.05) is 16.8 Å². The van der Waals surface area contributed by atoms with E-state index in [4.69, 9.17) is 4.74 Å². The van der Waals surface area contributed by atoms with E-state index >= 15 is 0 Å². The molecule has 102 valence electrons. The zero-order chi connectivity index (χ0) is 13.4. The molecule has 4 nitrogen and oxygen atoms in total. The summed E-state index contributed by atoms with van der Waals surface area (Å²) in [5.74, 6) is 0.845. The van der Waals surface area contributed by atoms with Gasteiger partial charge in [0.1, 0.15) is 11.4 Å². The smallest absolute Gasteiger partial charge is 0.226 e. The highest BCUT2D eigenvalue weighted by Gasteiger charge is 2.33. The Bertz CT molecular complexity index is 495. The van der Waals surface area contributed by atoms with Crippen LogP contribution in [0.5, 0.6) is 5.75 Å². The summed E-state index contributed by atoms with van der Waals surface area (Å²) in [6, 6.07) is 6.60. The van der Waals surface area contributed by atoms with Gasteiger partial charge in [0.15, 0.2) is 0 Å². The lowest BCUT2D eigenvalue weighted by molar-refractivity contribution is -0.116. The molecule has 1 amide bonds. The first kappa shape index (κ1) is 12.3. The number of fused-ring (bicyclic) bond motifs is 1. The normalized spacial score (nSPS) is 18.9. The fourth-order valence-electron chi connectivity index (χ4n) is 2.55. The van der Waals surface area contributed by atoms with Crippen LogP contribution in [0.3, 0.4) is 0 Å². The van der Waals surface area contributed by atoms with Crippen LogP contribution in [0.25, 0.3) is 0 Å². The van der Waals surface area contributed by atoms with Crippen molar-refractivity contribution in [3.05, 3.63) is 18.2 Å². The lowest BCUT2D eigenvalue weighted by atomic mass is 10.2. The van der Waals surface area contributed by atoms with Gasteiger partial charge in [0.05, 0.1) is 11.8 Å². The Kier molecular flexibility index (Phi) is 3.09. The molecule has 1 saturated carbocycles. The van der Waals surface area contributed by atoms with Crippen LogP contribution in [0.2, 0.25) is 0 Å². The SMILES string of the molecule is CC(C)Oc1cccc2c1NC(=O)CCN2C1CC1. The van der Waals surface area contributed by atoms with Crippen molar-refractivity contribution in [1.29, 1.82) is 0 Å². The van der Waals surface area contributed by atoms with Gasteiger partial charge in [-0.3, -0.25) is 4.79 Å². The number of anilines is 2. The third-order valence-corrected chi connectivity index (χ3v) is 3.51. The molecule has 0 saturated heterocycles. The molecule has 0 bridgehead atoms. The number of carbonyl (C=O) groups is 1. The molecule has 1 fully saturated rings. The third kappa shape index (κ3) is 2.53. The lowest BCUT2D eigenvalue weighted by Crippen LogP contribution is -2.26. The van der Waals surface area contributed by atoms with E-state index in [1.54, 1.807) is 0 Å². The van der Waals surface area contributed by atoms with Crippen LogP contribution < -0.4 is 15.0 Å². The van der Waals surface area contributed by atoms with Crippen LogP contribution >= 0.6 is 0 Å². The molecular formula is C15H20N2O2. The van der Waals surface area contributed by atoms with Crippen LogP contribution in [0.4, 0.5) is 11.4 Å². The van der Waals surface area contributed by atoms with Gasteiger partial charge in [-0.1, -0.05) is 6.07 Å². The second-order valence-electron chi connectivity index (χ2n) is 5.54. The summed E-state index contributed by atoms with van der Waals surface area (Å²) in [6.45, 7) is 4.79. The Balaban J connectivity index is 2.01. The fourth-order valence-corrected chi connectivity index (χ4v) is 2.55. The van der Waals surface area contributed by atoms with E-state index in [9.17, 15) is 4.79 Å². The number of nitrogens with zero attached hydrogens (tertiary/aromatic N) is 1. The fraction of sp³-hybridized carbons (Fsp3) is 0.533. The first-order valence-electron chi connectivity index (χ1n) is 7.01. The monoisotopic (exact) mass is 260 g/mol. The van der Waals surface area contributed by atoms with Gasteiger partial charge >= 0.3 is 0 Å². The molecule has 1 heterocycles. The van der Waals surface area contributed by atoms with E-state index in [1.165, 1.54) is 12.8 Å². The quantitative estimate of drug-likeness (QED) is 0.908. The molecule has 3 rings (SSSR count). The maximum Gasteiger partial charge on any atom is 0.226 e. The number of rotatable bonds is 3. The maximum atomic E-state index is 11.9. The largest absolute Gasteiger partial charge is 0.489 e. The summed E-state index contributed by atoms with van der Waals surface area (Å²) >= 11 is 0. The molecule has 0 unspecified atom stereocenters. The minimum Gasteiger partial charge on any atom is -0.489 e. The number of hydrogen-bond donors (Lipinski definition) is 1. The Morgan fingerprint density at radius 2 is 2.16 bits per heavy atom. The van der Waals surface area contributed by atoms with E-state index in [2.05, 4.69) is 16.3 Å². The van der Waals surface area contributed by atoms with E-state index < -0.39 is 0 Å². The highest BCUT2D eigenvalue weighted by atomic mass is 16.5. The Morgan fingerprint density at radius 1 is 1.37 bits per heavy atom. The molecule has 1 aliphatic carbocycles. The zero-order valence-corrected chi connectivity index (χ0v) is 11.5. The second-order valence-corrected chi connectivity index (χ2v) is 5.54. The molecule has 0 radical (unpaired) electrons. The number of ether oxygens (including phenoxy) is 1. The third-order valence-electron chi connectivity index (χ3n) is 3.51. The molecule has 0 spiro atoms. The minimum atomic E-state index is 0.0733. The molecular weight excluding hydrogens is 240 g/mol. The molecule has 1 aromatic rings. The van der Waals surface area contributed by atoms with Gasteiger partial charge < -0.3 is 15.0 Å². The highest BCUT2D eigenvalue weighted by molar-refractivity contribution is 5.98. The van der Waals surface area contributed by atoms with Gasteiger partial charge in [0, 0.05) is 19.0 Å². The number of amides is 1. The lowest BCUT2D eigenvalue weighted by Gasteiger charge is -2.25. The Morgan fingerprint density at radius 3 is 2.84 bits per heavy atom. The van der Waals surface area contributed by atoms with E-state index in [-0.39, 0.29) is 12.0 Å². The van der Waals surface area contributed by atoms with Crippen molar-refractivity contribution in [1.82, 2.24) is 0 Å². The first-order chi connectivity index (χ1) is 9.15. The van der Waals surface area contributed by atoms with Gasteiger partial charge in [0.2, 0.25) is 5.91 Å². The van der Waals surface area contributed by atoms with E-state index in [0.29, 0.717) is 12.5 Å². The van der Waals surface area contributed by atoms with Crippen molar-refractivity contribution < 1.29 is 9.53 Å². The standard InChI is InChI=1S/C15H20N2O2/c1-10(2)19-13-5-3-4-12-15(13)16-14(18)8-9-17(12)11-6-7-11/h3-5,10-11H,6-9H2,1-2H3,(H,16,18). The molecule has 2 aliphatic rings. The molecule has 1 N–H and O–H groups in total. The molecule has 0 aromatic heterocycles. The van der Waals surface area contributed by atoms with Crippen molar-refractivity contribution in [2.24, 2.45) is 0 Å². The van der Waals surface area contributed by atoms with Crippen molar-refractivity contribution in [3.63, 3.8) is 0 Å². The van der Waals surface area contributed by atoms with Gasteiger partial charge in [-0.05, 0) is 38.8 Å². The van der Waals surface area contributed by atoms with Gasteiger partial charge in [-0.25, -0.2) is 0 Å². The summed E-state index contributed by atoms with van der Waals surface area (Å²) in [7, 11) is 0. The summed E-state index contributed by atoms with van der Waals surface area (Å²) in [5, 5.41) is 3.00. The second kappa shape index (κ2) is 4.76. The van der Waals surface area contributed by atoms with E-state index in [0.717, 1.165) is 23.7 Å². The average Bonchev–Trinajstić information content (AvgIpc) is 3.15. The topological polar surface area (TPSA) is 41.6 Å². The molecule has 1 aliphatic heterocycles. The average molecular weight is 260 g/mol. The predicted octanol–water partition coefficient (Wildman–Crippen LogP) is 2.78. The van der Waals surface area contributed by atoms with Crippen LogP contribution in [-0.4, -0.2) is 24.6 Å². The van der Waals surface area contributed by atoms with E-state index in [1.807, 2.05) is 26.0 Å². The highest BCUT2D eigenvalue weighted by Crippen LogP contribution is 2.42.